The van der Waals surface area contributed by atoms with E-state index in [1.165, 1.54) is 6.07 Å². The summed E-state index contributed by atoms with van der Waals surface area (Å²) in [4.78, 5) is 22.9. The SMILES string of the molecule is Cc1cc(C)c(NC(=O)c2ccccc2Cl)c([N+](=O)[O-])c1. The minimum Gasteiger partial charge on any atom is -0.316 e. The lowest BCUT2D eigenvalue weighted by Crippen LogP contribution is -2.14. The Hall–Kier alpha value is -2.40. The Balaban J connectivity index is 2.42. The molecular weight excluding hydrogens is 292 g/mol. The van der Waals surface area contributed by atoms with Gasteiger partial charge < -0.3 is 5.32 Å². The molecule has 5 nitrogen and oxygen atoms in total. The van der Waals surface area contributed by atoms with Gasteiger partial charge in [0.15, 0.2) is 0 Å². The number of anilines is 1. The van der Waals surface area contributed by atoms with Crippen molar-refractivity contribution in [3.05, 3.63) is 68.2 Å². The monoisotopic (exact) mass is 304 g/mol. The first kappa shape index (κ1) is 15.0. The van der Waals surface area contributed by atoms with E-state index in [9.17, 15) is 14.9 Å². The molecule has 0 fully saturated rings. The first-order valence-corrected chi connectivity index (χ1v) is 6.59. The molecule has 21 heavy (non-hydrogen) atoms. The molecule has 2 rings (SSSR count). The molecule has 1 N–H and O–H groups in total. The number of nitro benzene ring substituents is 1. The van der Waals surface area contributed by atoms with Gasteiger partial charge in [0.25, 0.3) is 11.6 Å². The molecule has 0 bridgehead atoms. The van der Waals surface area contributed by atoms with Crippen LogP contribution in [-0.2, 0) is 0 Å². The van der Waals surface area contributed by atoms with E-state index in [2.05, 4.69) is 5.32 Å². The zero-order chi connectivity index (χ0) is 15.6. The topological polar surface area (TPSA) is 72.2 Å². The maximum Gasteiger partial charge on any atom is 0.293 e. The summed E-state index contributed by atoms with van der Waals surface area (Å²) < 4.78 is 0. The highest BCUT2D eigenvalue weighted by molar-refractivity contribution is 6.34. The van der Waals surface area contributed by atoms with Crippen LogP contribution >= 0.6 is 11.6 Å². The summed E-state index contributed by atoms with van der Waals surface area (Å²) in [6.07, 6.45) is 0. The normalized spacial score (nSPS) is 10.2. The minimum absolute atomic E-state index is 0.132. The first-order chi connectivity index (χ1) is 9.90. The molecule has 0 radical (unpaired) electrons. The minimum atomic E-state index is -0.512. The molecule has 0 aliphatic carbocycles. The Bertz CT molecular complexity index is 729. The molecule has 1 amide bonds. The Morgan fingerprint density at radius 3 is 2.52 bits per heavy atom. The predicted octanol–water partition coefficient (Wildman–Crippen LogP) is 4.12. The van der Waals surface area contributed by atoms with Crippen LogP contribution in [0, 0.1) is 24.0 Å². The standard InChI is InChI=1S/C15H13ClN2O3/c1-9-7-10(2)14(13(8-9)18(20)21)17-15(19)11-5-3-4-6-12(11)16/h3-8H,1-2H3,(H,17,19). The molecule has 0 aliphatic rings. The second-order valence-corrected chi connectivity index (χ2v) is 5.07. The number of nitro groups is 1. The van der Waals surface area contributed by atoms with Crippen molar-refractivity contribution in [1.29, 1.82) is 0 Å². The summed E-state index contributed by atoms with van der Waals surface area (Å²) in [5.41, 5.74) is 1.72. The van der Waals surface area contributed by atoms with E-state index in [1.54, 1.807) is 44.2 Å². The highest BCUT2D eigenvalue weighted by atomic mass is 35.5. The number of carbonyl (C=O) groups is 1. The third-order valence-corrected chi connectivity index (χ3v) is 3.34. The molecule has 0 unspecified atom stereocenters. The van der Waals surface area contributed by atoms with Gasteiger partial charge in [-0.1, -0.05) is 29.8 Å². The summed E-state index contributed by atoms with van der Waals surface area (Å²) in [5, 5.41) is 14.0. The highest BCUT2D eigenvalue weighted by Gasteiger charge is 2.20. The number of nitrogens with zero attached hydrogens (tertiary/aromatic N) is 1. The lowest BCUT2D eigenvalue weighted by Gasteiger charge is -2.10. The predicted molar refractivity (Wildman–Crippen MR) is 82.0 cm³/mol. The molecular formula is C15H13ClN2O3. The van der Waals surface area contributed by atoms with E-state index in [1.807, 2.05) is 0 Å². The molecule has 0 aromatic heterocycles. The quantitative estimate of drug-likeness (QED) is 0.685. The van der Waals surface area contributed by atoms with Gasteiger partial charge in [-0.05, 0) is 37.1 Å². The van der Waals surface area contributed by atoms with Gasteiger partial charge in [-0.3, -0.25) is 14.9 Å². The second kappa shape index (κ2) is 5.93. The number of rotatable bonds is 3. The van der Waals surface area contributed by atoms with Crippen LogP contribution in [0.5, 0.6) is 0 Å². The van der Waals surface area contributed by atoms with Gasteiger partial charge >= 0.3 is 0 Å². The van der Waals surface area contributed by atoms with Gasteiger partial charge in [0.2, 0.25) is 0 Å². The zero-order valence-electron chi connectivity index (χ0n) is 11.5. The zero-order valence-corrected chi connectivity index (χ0v) is 12.3. The van der Waals surface area contributed by atoms with Gasteiger partial charge in [-0.2, -0.15) is 0 Å². The fraction of sp³-hybridized carbons (Fsp3) is 0.133. The third-order valence-electron chi connectivity index (χ3n) is 3.01. The molecule has 0 atom stereocenters. The van der Waals surface area contributed by atoms with E-state index in [0.29, 0.717) is 10.6 Å². The van der Waals surface area contributed by atoms with Crippen LogP contribution in [0.1, 0.15) is 21.5 Å². The number of hydrogen-bond donors (Lipinski definition) is 1. The van der Waals surface area contributed by atoms with Crippen molar-refractivity contribution in [2.24, 2.45) is 0 Å². The van der Waals surface area contributed by atoms with Gasteiger partial charge in [0, 0.05) is 6.07 Å². The van der Waals surface area contributed by atoms with Crippen molar-refractivity contribution in [3.8, 4) is 0 Å². The number of hydrogen-bond acceptors (Lipinski definition) is 3. The van der Waals surface area contributed by atoms with Crippen LogP contribution in [0.4, 0.5) is 11.4 Å². The van der Waals surface area contributed by atoms with Gasteiger partial charge in [0.1, 0.15) is 5.69 Å². The number of aryl methyl sites for hydroxylation is 2. The Morgan fingerprint density at radius 2 is 1.90 bits per heavy atom. The first-order valence-electron chi connectivity index (χ1n) is 6.21. The number of halogens is 1. The third kappa shape index (κ3) is 3.20. The molecule has 0 heterocycles. The fourth-order valence-electron chi connectivity index (χ4n) is 2.08. The van der Waals surface area contributed by atoms with Gasteiger partial charge in [-0.25, -0.2) is 0 Å². The number of carbonyl (C=O) groups excluding carboxylic acids is 1. The van der Waals surface area contributed by atoms with Crippen molar-refractivity contribution < 1.29 is 9.72 Å². The Morgan fingerprint density at radius 1 is 1.24 bits per heavy atom. The molecule has 2 aromatic rings. The molecule has 2 aromatic carbocycles. The smallest absolute Gasteiger partial charge is 0.293 e. The van der Waals surface area contributed by atoms with Crippen molar-refractivity contribution in [2.75, 3.05) is 5.32 Å². The summed E-state index contributed by atoms with van der Waals surface area (Å²) >= 11 is 5.96. The van der Waals surface area contributed by atoms with E-state index in [0.717, 1.165) is 5.56 Å². The highest BCUT2D eigenvalue weighted by Crippen LogP contribution is 2.30. The van der Waals surface area contributed by atoms with Crippen LogP contribution in [-0.4, -0.2) is 10.8 Å². The lowest BCUT2D eigenvalue weighted by atomic mass is 10.1. The average Bonchev–Trinajstić information content (AvgIpc) is 2.41. The molecule has 6 heteroatoms. The van der Waals surface area contributed by atoms with Crippen LogP contribution in [0.2, 0.25) is 5.02 Å². The van der Waals surface area contributed by atoms with E-state index in [4.69, 9.17) is 11.6 Å². The van der Waals surface area contributed by atoms with Crippen LogP contribution in [0.15, 0.2) is 36.4 Å². The maximum absolute atomic E-state index is 12.2. The van der Waals surface area contributed by atoms with E-state index in [-0.39, 0.29) is 16.9 Å². The molecule has 0 saturated carbocycles. The maximum atomic E-state index is 12.2. The number of amides is 1. The second-order valence-electron chi connectivity index (χ2n) is 4.67. The van der Waals surface area contributed by atoms with Crippen molar-refractivity contribution in [2.45, 2.75) is 13.8 Å². The summed E-state index contributed by atoms with van der Waals surface area (Å²) in [6, 6.07) is 9.74. The molecule has 0 aliphatic heterocycles. The number of nitrogens with one attached hydrogen (secondary N) is 1. The van der Waals surface area contributed by atoms with Gasteiger partial charge in [-0.15, -0.1) is 0 Å². The lowest BCUT2D eigenvalue weighted by molar-refractivity contribution is -0.384. The average molecular weight is 305 g/mol. The Kier molecular flexibility index (Phi) is 4.23. The van der Waals surface area contributed by atoms with Crippen molar-refractivity contribution in [3.63, 3.8) is 0 Å². The summed E-state index contributed by atoms with van der Waals surface area (Å²) in [6.45, 7) is 3.47. The van der Waals surface area contributed by atoms with Crippen molar-refractivity contribution in [1.82, 2.24) is 0 Å². The van der Waals surface area contributed by atoms with E-state index >= 15 is 0 Å². The van der Waals surface area contributed by atoms with Gasteiger partial charge in [0.05, 0.1) is 15.5 Å². The molecule has 0 spiro atoms. The largest absolute Gasteiger partial charge is 0.316 e. The van der Waals surface area contributed by atoms with Crippen LogP contribution in [0.25, 0.3) is 0 Å². The number of benzene rings is 2. The van der Waals surface area contributed by atoms with Crippen molar-refractivity contribution >= 4 is 28.9 Å². The fourth-order valence-corrected chi connectivity index (χ4v) is 2.30. The summed E-state index contributed by atoms with van der Waals surface area (Å²) in [5.74, 6) is -0.476. The molecule has 108 valence electrons. The molecule has 0 saturated heterocycles. The summed E-state index contributed by atoms with van der Waals surface area (Å²) in [7, 11) is 0. The van der Waals surface area contributed by atoms with Crippen LogP contribution < -0.4 is 5.32 Å². The van der Waals surface area contributed by atoms with E-state index < -0.39 is 10.8 Å². The van der Waals surface area contributed by atoms with Crippen LogP contribution in [0.3, 0.4) is 0 Å². The Labute approximate surface area is 126 Å².